The lowest BCUT2D eigenvalue weighted by Crippen LogP contribution is -2.39. The maximum absolute atomic E-state index is 13.3. The van der Waals surface area contributed by atoms with Crippen molar-refractivity contribution < 1.29 is 18.7 Å². The molecule has 0 saturated carbocycles. The average molecular weight is 524 g/mol. The first-order valence-corrected chi connectivity index (χ1v) is 13.0. The van der Waals surface area contributed by atoms with Gasteiger partial charge >= 0.3 is 5.69 Å². The van der Waals surface area contributed by atoms with Gasteiger partial charge < -0.3 is 14.8 Å². The van der Waals surface area contributed by atoms with Gasteiger partial charge in [-0.05, 0) is 59.7 Å². The van der Waals surface area contributed by atoms with Gasteiger partial charge in [0.1, 0.15) is 10.5 Å². The molecule has 2 aromatic heterocycles. The average Bonchev–Trinajstić information content (AvgIpc) is 3.58. The van der Waals surface area contributed by atoms with Crippen LogP contribution < -0.4 is 26.0 Å². The van der Waals surface area contributed by atoms with Crippen molar-refractivity contribution in [1.82, 2.24) is 14.5 Å². The summed E-state index contributed by atoms with van der Waals surface area (Å²) in [6.07, 6.45) is 2.30. The fourth-order valence-corrected chi connectivity index (χ4v) is 5.17. The Morgan fingerprint density at radius 1 is 0.946 bits per heavy atom. The van der Waals surface area contributed by atoms with Crippen molar-refractivity contribution in [2.45, 2.75) is 45.3 Å². The lowest BCUT2D eigenvalue weighted by atomic mass is 10.1. The van der Waals surface area contributed by atoms with Gasteiger partial charge in [-0.15, -0.1) is 11.3 Å². The zero-order valence-corrected chi connectivity index (χ0v) is 20.9. The van der Waals surface area contributed by atoms with E-state index in [-0.39, 0.29) is 42.9 Å². The molecule has 1 aliphatic rings. The van der Waals surface area contributed by atoms with Crippen molar-refractivity contribution >= 4 is 27.5 Å². The number of thiophene rings is 1. The summed E-state index contributed by atoms with van der Waals surface area (Å²) in [6.45, 7) is 1.13. The molecule has 2 aromatic carbocycles. The molecule has 0 spiro atoms. The molecule has 0 unspecified atom stereocenters. The summed E-state index contributed by atoms with van der Waals surface area (Å²) in [4.78, 5) is 38.4. The van der Waals surface area contributed by atoms with E-state index < -0.39 is 0 Å². The van der Waals surface area contributed by atoms with Crippen LogP contribution >= 0.6 is 11.3 Å². The third kappa shape index (κ3) is 5.59. The molecule has 0 atom stereocenters. The van der Waals surface area contributed by atoms with Crippen LogP contribution in [0.1, 0.15) is 36.8 Å². The van der Waals surface area contributed by atoms with E-state index in [1.807, 2.05) is 18.2 Å². The number of benzene rings is 2. The summed E-state index contributed by atoms with van der Waals surface area (Å²) >= 11 is 1.30. The van der Waals surface area contributed by atoms with Crippen molar-refractivity contribution in [1.29, 1.82) is 0 Å². The lowest BCUT2D eigenvalue weighted by molar-refractivity contribution is -0.121. The van der Waals surface area contributed by atoms with Crippen LogP contribution in [0.2, 0.25) is 0 Å². The second-order valence-electron chi connectivity index (χ2n) is 8.86. The molecule has 1 amide bonds. The Kier molecular flexibility index (Phi) is 7.36. The zero-order chi connectivity index (χ0) is 25.8. The standard InChI is InChI=1S/C27H26FN3O5S/c28-20-8-5-18(6-9-20)16-31-21-11-13-37-25(21)26(33)30(27(31)34)12-3-1-2-4-24(32)29-15-19-7-10-22-23(14-19)36-17-35-22/h5-11,13-14H,1-4,12,15-17H2,(H,29,32). The van der Waals surface area contributed by atoms with E-state index in [4.69, 9.17) is 9.47 Å². The highest BCUT2D eigenvalue weighted by atomic mass is 32.1. The van der Waals surface area contributed by atoms with Crippen LogP contribution in [0.15, 0.2) is 63.5 Å². The van der Waals surface area contributed by atoms with Gasteiger partial charge in [-0.25, -0.2) is 9.18 Å². The van der Waals surface area contributed by atoms with E-state index in [2.05, 4.69) is 5.32 Å². The van der Waals surface area contributed by atoms with Crippen molar-refractivity contribution in [2.24, 2.45) is 0 Å². The highest BCUT2D eigenvalue weighted by molar-refractivity contribution is 7.17. The number of aromatic nitrogens is 2. The number of rotatable bonds is 10. The van der Waals surface area contributed by atoms with Crippen molar-refractivity contribution in [2.75, 3.05) is 6.79 Å². The first-order valence-electron chi connectivity index (χ1n) is 12.1. The smallest absolute Gasteiger partial charge is 0.331 e. The van der Waals surface area contributed by atoms with Crippen LogP contribution in [0.4, 0.5) is 4.39 Å². The normalized spacial score (nSPS) is 12.2. The van der Waals surface area contributed by atoms with Gasteiger partial charge in [0.2, 0.25) is 12.7 Å². The van der Waals surface area contributed by atoms with Crippen LogP contribution in [-0.4, -0.2) is 21.8 Å². The maximum atomic E-state index is 13.3. The lowest BCUT2D eigenvalue weighted by Gasteiger charge is -2.12. The fourth-order valence-electron chi connectivity index (χ4n) is 4.33. The molecule has 1 N–H and O–H groups in total. The van der Waals surface area contributed by atoms with Gasteiger partial charge in [0.25, 0.3) is 5.56 Å². The second kappa shape index (κ2) is 11.0. The monoisotopic (exact) mass is 523 g/mol. The van der Waals surface area contributed by atoms with Crippen molar-refractivity contribution in [3.8, 4) is 11.5 Å². The fraction of sp³-hybridized carbons (Fsp3) is 0.296. The Balaban J connectivity index is 1.15. The SMILES string of the molecule is O=C(CCCCCn1c(=O)c2sccc2n(Cc2ccc(F)cc2)c1=O)NCc1ccc2c(c1)OCO2. The number of halogens is 1. The summed E-state index contributed by atoms with van der Waals surface area (Å²) in [5, 5.41) is 4.69. The van der Waals surface area contributed by atoms with Gasteiger partial charge in [0.05, 0.1) is 12.1 Å². The number of hydrogen-bond donors (Lipinski definition) is 1. The summed E-state index contributed by atoms with van der Waals surface area (Å²) in [6, 6.07) is 13.3. The van der Waals surface area contributed by atoms with E-state index in [1.54, 1.807) is 28.1 Å². The van der Waals surface area contributed by atoms with Crippen molar-refractivity contribution in [3.63, 3.8) is 0 Å². The number of carbonyl (C=O) groups is 1. The Hall–Kier alpha value is -3.92. The number of unbranched alkanes of at least 4 members (excludes halogenated alkanes) is 2. The molecule has 0 bridgehead atoms. The van der Waals surface area contributed by atoms with E-state index in [0.717, 1.165) is 11.1 Å². The molecule has 10 heteroatoms. The number of nitrogens with zero attached hydrogens (tertiary/aromatic N) is 2. The maximum Gasteiger partial charge on any atom is 0.331 e. The van der Waals surface area contributed by atoms with Crippen LogP contribution in [0.3, 0.4) is 0 Å². The van der Waals surface area contributed by atoms with Gasteiger partial charge in [-0.2, -0.15) is 0 Å². The molecule has 0 radical (unpaired) electrons. The predicted molar refractivity (Wildman–Crippen MR) is 139 cm³/mol. The second-order valence-corrected chi connectivity index (χ2v) is 9.78. The molecular weight excluding hydrogens is 497 g/mol. The third-order valence-corrected chi connectivity index (χ3v) is 7.19. The minimum Gasteiger partial charge on any atom is -0.454 e. The van der Waals surface area contributed by atoms with E-state index in [9.17, 15) is 18.8 Å². The molecule has 37 heavy (non-hydrogen) atoms. The Bertz CT molecular complexity index is 1540. The summed E-state index contributed by atoms with van der Waals surface area (Å²) in [5.41, 5.74) is 1.60. The molecule has 0 fully saturated rings. The van der Waals surface area contributed by atoms with E-state index in [0.29, 0.717) is 53.9 Å². The number of carbonyl (C=O) groups excluding carboxylic acids is 1. The van der Waals surface area contributed by atoms with E-state index >= 15 is 0 Å². The Morgan fingerprint density at radius 2 is 1.73 bits per heavy atom. The number of amides is 1. The molecule has 0 aliphatic carbocycles. The first-order chi connectivity index (χ1) is 18.0. The summed E-state index contributed by atoms with van der Waals surface area (Å²) in [7, 11) is 0. The van der Waals surface area contributed by atoms with Crippen LogP contribution in [0, 0.1) is 5.82 Å². The zero-order valence-electron chi connectivity index (χ0n) is 20.1. The third-order valence-electron chi connectivity index (χ3n) is 6.30. The molecule has 192 valence electrons. The largest absolute Gasteiger partial charge is 0.454 e. The van der Waals surface area contributed by atoms with Crippen molar-refractivity contribution in [3.05, 3.63) is 91.7 Å². The minimum atomic E-state index is -0.387. The molecule has 8 nitrogen and oxygen atoms in total. The number of ether oxygens (including phenoxy) is 2. The quantitative estimate of drug-likeness (QED) is 0.317. The molecule has 3 heterocycles. The van der Waals surface area contributed by atoms with Gasteiger partial charge in [0, 0.05) is 19.5 Å². The molecule has 5 rings (SSSR count). The summed E-state index contributed by atoms with van der Waals surface area (Å²) in [5.74, 6) is 0.980. The van der Waals surface area contributed by atoms with Crippen LogP contribution in [0.25, 0.3) is 10.2 Å². The van der Waals surface area contributed by atoms with E-state index in [1.165, 1.54) is 28.0 Å². The Morgan fingerprint density at radius 3 is 2.57 bits per heavy atom. The molecule has 4 aromatic rings. The highest BCUT2D eigenvalue weighted by Gasteiger charge is 2.15. The van der Waals surface area contributed by atoms with Gasteiger partial charge in [-0.1, -0.05) is 24.6 Å². The van der Waals surface area contributed by atoms with Crippen LogP contribution in [0.5, 0.6) is 11.5 Å². The first kappa shape index (κ1) is 24.8. The topological polar surface area (TPSA) is 91.6 Å². The molecular formula is C27H26FN3O5S. The highest BCUT2D eigenvalue weighted by Crippen LogP contribution is 2.32. The number of fused-ring (bicyclic) bond motifs is 2. The molecule has 1 aliphatic heterocycles. The van der Waals surface area contributed by atoms with Crippen LogP contribution in [-0.2, 0) is 24.4 Å². The number of hydrogen-bond acceptors (Lipinski definition) is 6. The predicted octanol–water partition coefficient (Wildman–Crippen LogP) is 4.02. The van der Waals surface area contributed by atoms with Gasteiger partial charge in [-0.3, -0.25) is 18.7 Å². The molecule has 0 saturated heterocycles. The minimum absolute atomic E-state index is 0.0588. The summed E-state index contributed by atoms with van der Waals surface area (Å²) < 4.78 is 27.3. The van der Waals surface area contributed by atoms with Gasteiger partial charge in [0.15, 0.2) is 11.5 Å². The number of nitrogens with one attached hydrogen (secondary N) is 1. The Labute approximate surface area is 215 Å².